The van der Waals surface area contributed by atoms with Crippen molar-refractivity contribution < 1.29 is 4.42 Å². The lowest BCUT2D eigenvalue weighted by atomic mass is 10.2. The molecule has 1 aromatic heterocycles. The lowest BCUT2D eigenvalue weighted by Crippen LogP contribution is -1.69. The normalized spacial score (nSPS) is 10.5. The standard InChI is InChI=1S/C9H8O/c1-7-3-2-4-8-5-6-10-9(7)8/h2-6H,1H3. The molecule has 0 amide bonds. The number of hydrogen-bond acceptors (Lipinski definition) is 1. The van der Waals surface area contributed by atoms with E-state index in [1.165, 1.54) is 10.9 Å². The second kappa shape index (κ2) is 1.87. The van der Waals surface area contributed by atoms with Gasteiger partial charge in [0.2, 0.25) is 0 Å². The molecule has 2 aromatic rings. The molecule has 0 unspecified atom stereocenters. The highest BCUT2D eigenvalue weighted by atomic mass is 16.3. The van der Waals surface area contributed by atoms with Crippen molar-refractivity contribution in [2.45, 2.75) is 6.92 Å². The summed E-state index contributed by atoms with van der Waals surface area (Å²) in [7, 11) is 0. The Balaban J connectivity index is 2.95. The summed E-state index contributed by atoms with van der Waals surface area (Å²) in [5.74, 6) is 0. The van der Waals surface area contributed by atoms with Gasteiger partial charge in [-0.25, -0.2) is 0 Å². The first-order chi connectivity index (χ1) is 4.88. The van der Waals surface area contributed by atoms with Gasteiger partial charge in [-0.3, -0.25) is 0 Å². The molecule has 0 aliphatic heterocycles. The van der Waals surface area contributed by atoms with E-state index in [2.05, 4.69) is 0 Å². The molecule has 1 nitrogen and oxygen atoms in total. The maximum absolute atomic E-state index is 5.25. The Morgan fingerprint density at radius 1 is 1.20 bits per heavy atom. The van der Waals surface area contributed by atoms with Crippen LogP contribution in [0.4, 0.5) is 0 Å². The van der Waals surface area contributed by atoms with Gasteiger partial charge in [-0.1, -0.05) is 18.2 Å². The molecule has 0 saturated heterocycles. The summed E-state index contributed by atoms with van der Waals surface area (Å²) in [5.41, 5.74) is 2.20. The van der Waals surface area contributed by atoms with Crippen LogP contribution in [0.2, 0.25) is 0 Å². The zero-order valence-corrected chi connectivity index (χ0v) is 5.79. The largest absolute Gasteiger partial charge is 0.464 e. The second-order valence-electron chi connectivity index (χ2n) is 2.41. The molecule has 1 heteroatoms. The molecule has 10 heavy (non-hydrogen) atoms. The third kappa shape index (κ3) is 0.637. The minimum atomic E-state index is 1.00. The first-order valence-electron chi connectivity index (χ1n) is 3.31. The van der Waals surface area contributed by atoms with Gasteiger partial charge in [0, 0.05) is 5.39 Å². The molecule has 0 fully saturated rings. The van der Waals surface area contributed by atoms with Crippen molar-refractivity contribution in [1.82, 2.24) is 0 Å². The highest BCUT2D eigenvalue weighted by Gasteiger charge is 1.96. The number of benzene rings is 1. The summed E-state index contributed by atoms with van der Waals surface area (Å²) in [6, 6.07) is 8.10. The van der Waals surface area contributed by atoms with Crippen LogP contribution in [0.1, 0.15) is 5.56 Å². The predicted molar refractivity (Wildman–Crippen MR) is 41.0 cm³/mol. The molecule has 50 valence electrons. The van der Waals surface area contributed by atoms with E-state index >= 15 is 0 Å². The molecule has 0 saturated carbocycles. The van der Waals surface area contributed by atoms with E-state index in [1.807, 2.05) is 31.2 Å². The lowest BCUT2D eigenvalue weighted by Gasteiger charge is -1.90. The molecule has 0 atom stereocenters. The number of rotatable bonds is 0. The van der Waals surface area contributed by atoms with Crippen LogP contribution in [0.25, 0.3) is 11.0 Å². The summed E-state index contributed by atoms with van der Waals surface area (Å²) in [6.07, 6.45) is 1.72. The van der Waals surface area contributed by atoms with E-state index in [0.717, 1.165) is 5.58 Å². The fourth-order valence-electron chi connectivity index (χ4n) is 1.14. The smallest absolute Gasteiger partial charge is 0.136 e. The van der Waals surface area contributed by atoms with E-state index in [0.29, 0.717) is 0 Å². The molecule has 1 aromatic carbocycles. The molecule has 0 aliphatic carbocycles. The van der Waals surface area contributed by atoms with Gasteiger partial charge in [0.1, 0.15) is 5.58 Å². The van der Waals surface area contributed by atoms with Gasteiger partial charge in [-0.2, -0.15) is 0 Å². The maximum atomic E-state index is 5.25. The average Bonchev–Trinajstić information content (AvgIpc) is 2.36. The van der Waals surface area contributed by atoms with Gasteiger partial charge in [0.25, 0.3) is 0 Å². The molecular formula is C9H8O. The SMILES string of the molecule is Cc1cccc2ccoc12. The van der Waals surface area contributed by atoms with E-state index < -0.39 is 0 Å². The van der Waals surface area contributed by atoms with Crippen molar-refractivity contribution in [2.24, 2.45) is 0 Å². The zero-order chi connectivity index (χ0) is 6.97. The Labute approximate surface area is 59.3 Å². The third-order valence-electron chi connectivity index (χ3n) is 1.68. The van der Waals surface area contributed by atoms with E-state index in [-0.39, 0.29) is 0 Å². The van der Waals surface area contributed by atoms with E-state index in [1.54, 1.807) is 6.26 Å². The van der Waals surface area contributed by atoms with Crippen molar-refractivity contribution in [3.05, 3.63) is 36.1 Å². The fraction of sp³-hybridized carbons (Fsp3) is 0.111. The topological polar surface area (TPSA) is 13.1 Å². The van der Waals surface area contributed by atoms with E-state index in [4.69, 9.17) is 4.42 Å². The Morgan fingerprint density at radius 3 is 2.90 bits per heavy atom. The first kappa shape index (κ1) is 5.54. The summed E-state index contributed by atoms with van der Waals surface area (Å²) < 4.78 is 5.25. The van der Waals surface area contributed by atoms with Gasteiger partial charge >= 0.3 is 0 Å². The maximum Gasteiger partial charge on any atom is 0.136 e. The highest BCUT2D eigenvalue weighted by molar-refractivity contribution is 5.79. The summed E-state index contributed by atoms with van der Waals surface area (Å²) in [5, 5.41) is 1.18. The molecule has 0 N–H and O–H groups in total. The fourth-order valence-corrected chi connectivity index (χ4v) is 1.14. The van der Waals surface area contributed by atoms with Crippen molar-refractivity contribution in [1.29, 1.82) is 0 Å². The number of para-hydroxylation sites is 1. The van der Waals surface area contributed by atoms with Crippen molar-refractivity contribution >= 4 is 11.0 Å². The number of fused-ring (bicyclic) bond motifs is 1. The van der Waals surface area contributed by atoms with Crippen LogP contribution in [0.3, 0.4) is 0 Å². The van der Waals surface area contributed by atoms with Crippen molar-refractivity contribution in [2.75, 3.05) is 0 Å². The van der Waals surface area contributed by atoms with Crippen molar-refractivity contribution in [3.8, 4) is 0 Å². The Kier molecular flexibility index (Phi) is 1.04. The lowest BCUT2D eigenvalue weighted by molar-refractivity contribution is 0.613. The minimum Gasteiger partial charge on any atom is -0.464 e. The molecule has 0 radical (unpaired) electrons. The van der Waals surface area contributed by atoms with Gasteiger partial charge in [-0.05, 0) is 18.6 Å². The molecule has 0 spiro atoms. The van der Waals surface area contributed by atoms with Crippen LogP contribution < -0.4 is 0 Å². The van der Waals surface area contributed by atoms with Gasteiger partial charge in [0.05, 0.1) is 6.26 Å². The van der Waals surface area contributed by atoms with Crippen molar-refractivity contribution in [3.63, 3.8) is 0 Å². The van der Waals surface area contributed by atoms with Crippen LogP contribution in [0.5, 0.6) is 0 Å². The monoisotopic (exact) mass is 132 g/mol. The number of aryl methyl sites for hydroxylation is 1. The van der Waals surface area contributed by atoms with Crippen LogP contribution in [-0.2, 0) is 0 Å². The zero-order valence-electron chi connectivity index (χ0n) is 5.79. The van der Waals surface area contributed by atoms with E-state index in [9.17, 15) is 0 Å². The Morgan fingerprint density at radius 2 is 2.10 bits per heavy atom. The summed E-state index contributed by atoms with van der Waals surface area (Å²) in [4.78, 5) is 0. The Bertz CT molecular complexity index is 346. The summed E-state index contributed by atoms with van der Waals surface area (Å²) in [6.45, 7) is 2.05. The number of hydrogen-bond donors (Lipinski definition) is 0. The second-order valence-corrected chi connectivity index (χ2v) is 2.41. The minimum absolute atomic E-state index is 1.00. The third-order valence-corrected chi connectivity index (χ3v) is 1.68. The molecule has 1 heterocycles. The number of furan rings is 1. The van der Waals surface area contributed by atoms with Crippen LogP contribution in [0.15, 0.2) is 34.9 Å². The average molecular weight is 132 g/mol. The Hall–Kier alpha value is -1.24. The molecular weight excluding hydrogens is 124 g/mol. The quantitative estimate of drug-likeness (QED) is 0.537. The molecule has 0 aliphatic rings. The van der Waals surface area contributed by atoms with Gasteiger partial charge in [0.15, 0.2) is 0 Å². The molecule has 2 rings (SSSR count). The predicted octanol–water partition coefficient (Wildman–Crippen LogP) is 2.74. The van der Waals surface area contributed by atoms with Gasteiger partial charge < -0.3 is 4.42 Å². The summed E-state index contributed by atoms with van der Waals surface area (Å²) >= 11 is 0. The highest BCUT2D eigenvalue weighted by Crippen LogP contribution is 2.18. The van der Waals surface area contributed by atoms with Crippen LogP contribution in [0, 0.1) is 6.92 Å². The first-order valence-corrected chi connectivity index (χ1v) is 3.31. The van der Waals surface area contributed by atoms with Crippen LogP contribution in [-0.4, -0.2) is 0 Å². The molecule has 0 bridgehead atoms. The van der Waals surface area contributed by atoms with Gasteiger partial charge in [-0.15, -0.1) is 0 Å². The van der Waals surface area contributed by atoms with Crippen LogP contribution >= 0.6 is 0 Å².